The number of carbonyl (C=O) groups excluding carboxylic acids is 1. The zero-order chi connectivity index (χ0) is 26.9. The number of piperidine rings is 1. The normalized spacial score (nSPS) is 23.3. The molecule has 1 aliphatic heterocycles. The average molecular weight is 568 g/mol. The average Bonchev–Trinajstić information content (AvgIpc) is 3.70. The topological polar surface area (TPSA) is 95.0 Å². The van der Waals surface area contributed by atoms with Crippen LogP contribution >= 0.6 is 23.2 Å². The number of halogens is 2. The number of benzene rings is 2. The molecule has 1 saturated heterocycles. The molecule has 4 atom stereocenters. The van der Waals surface area contributed by atoms with Gasteiger partial charge in [-0.15, -0.1) is 0 Å². The number of likely N-dealkylation sites (tertiary alicyclic amines) is 1. The molecule has 37 heavy (non-hydrogen) atoms. The van der Waals surface area contributed by atoms with E-state index < -0.39 is 34.0 Å². The van der Waals surface area contributed by atoms with Gasteiger partial charge < -0.3 is 10.0 Å². The van der Waals surface area contributed by atoms with Gasteiger partial charge in [-0.1, -0.05) is 54.4 Å². The Bertz CT molecular complexity index is 1250. The first kappa shape index (κ1) is 27.9. The van der Waals surface area contributed by atoms with Crippen molar-refractivity contribution in [1.82, 2.24) is 9.21 Å². The molecule has 4 rings (SSSR count). The van der Waals surface area contributed by atoms with Gasteiger partial charge in [0.2, 0.25) is 15.9 Å². The van der Waals surface area contributed by atoms with Crippen LogP contribution in [0.5, 0.6) is 0 Å². The summed E-state index contributed by atoms with van der Waals surface area (Å²) in [5, 5.41) is 10.4. The lowest BCUT2D eigenvalue weighted by Gasteiger charge is -2.49. The molecule has 7 nitrogen and oxygen atoms in total. The molecular formula is C27H32Cl2N2O5S. The van der Waals surface area contributed by atoms with Crippen LogP contribution in [0.25, 0.3) is 0 Å². The predicted molar refractivity (Wildman–Crippen MR) is 144 cm³/mol. The highest BCUT2D eigenvalue weighted by molar-refractivity contribution is 7.90. The molecular weight excluding hydrogens is 535 g/mol. The molecule has 2 aromatic carbocycles. The molecule has 1 aliphatic carbocycles. The minimum Gasteiger partial charge on any atom is -0.481 e. The maximum atomic E-state index is 14.0. The van der Waals surface area contributed by atoms with Gasteiger partial charge >= 0.3 is 5.97 Å². The number of amides is 1. The summed E-state index contributed by atoms with van der Waals surface area (Å²) in [6.45, 7) is 2.05. The number of rotatable bonds is 10. The first-order chi connectivity index (χ1) is 17.5. The number of hydrogen-bond acceptors (Lipinski definition) is 4. The van der Waals surface area contributed by atoms with Crippen LogP contribution in [0.2, 0.25) is 10.0 Å². The molecule has 2 aromatic rings. The Labute approximate surface area is 228 Å². The van der Waals surface area contributed by atoms with Gasteiger partial charge in [0.15, 0.2) is 0 Å². The van der Waals surface area contributed by atoms with Crippen LogP contribution in [0.4, 0.5) is 0 Å². The lowest BCUT2D eigenvalue weighted by Crippen LogP contribution is -2.55. The quantitative estimate of drug-likeness (QED) is 0.418. The standard InChI is InChI=1S/C27H32Cl2N2O5S/c1-3-22(16-30(2)37(35,36)23-11-12-23)31-26(17-7-9-20(28)10-8-17)24(18-5-4-6-21(29)13-18)14-19(27(31)34)15-25(32)33/h4-10,13,19,22-24,26H,3,11-12,14-16H2,1-2H3,(H,32,33)/t19-,22-,24+,26+/m0/s1. The van der Waals surface area contributed by atoms with E-state index in [2.05, 4.69) is 0 Å². The molecule has 200 valence electrons. The van der Waals surface area contributed by atoms with Crippen molar-refractivity contribution in [1.29, 1.82) is 0 Å². The third-order valence-electron chi connectivity index (χ3n) is 7.44. The molecule has 0 radical (unpaired) electrons. The molecule has 0 spiro atoms. The van der Waals surface area contributed by atoms with E-state index in [1.54, 1.807) is 30.1 Å². The highest BCUT2D eigenvalue weighted by Crippen LogP contribution is 2.48. The Morgan fingerprint density at radius 3 is 2.35 bits per heavy atom. The number of carboxylic acids is 1. The summed E-state index contributed by atoms with van der Waals surface area (Å²) >= 11 is 12.5. The molecule has 0 aromatic heterocycles. The van der Waals surface area contributed by atoms with Gasteiger partial charge in [-0.2, -0.15) is 0 Å². The van der Waals surface area contributed by atoms with E-state index in [0.717, 1.165) is 11.1 Å². The summed E-state index contributed by atoms with van der Waals surface area (Å²) in [4.78, 5) is 27.5. The molecule has 1 heterocycles. The fraction of sp³-hybridized carbons (Fsp3) is 0.481. The smallest absolute Gasteiger partial charge is 0.304 e. The van der Waals surface area contributed by atoms with E-state index in [0.29, 0.717) is 35.7 Å². The summed E-state index contributed by atoms with van der Waals surface area (Å²) in [5.74, 6) is -2.31. The number of likely N-dealkylation sites (N-methyl/N-ethyl adjacent to an activating group) is 1. The first-order valence-corrected chi connectivity index (χ1v) is 14.8. The van der Waals surface area contributed by atoms with Crippen LogP contribution in [0, 0.1) is 5.92 Å². The number of aliphatic carboxylic acids is 1. The first-order valence-electron chi connectivity index (χ1n) is 12.5. The van der Waals surface area contributed by atoms with Crippen LogP contribution in [0.1, 0.15) is 62.1 Å². The highest BCUT2D eigenvalue weighted by Gasteiger charge is 2.47. The second-order valence-electron chi connectivity index (χ2n) is 10.0. The summed E-state index contributed by atoms with van der Waals surface area (Å²) < 4.78 is 27.3. The van der Waals surface area contributed by atoms with Gasteiger partial charge in [-0.05, 0) is 61.1 Å². The Hall–Kier alpha value is -2.13. The van der Waals surface area contributed by atoms with Crippen LogP contribution in [-0.4, -0.2) is 59.5 Å². The number of hydrogen-bond donors (Lipinski definition) is 1. The maximum absolute atomic E-state index is 14.0. The third kappa shape index (κ3) is 6.14. The number of carboxylic acid groups (broad SMARTS) is 1. The van der Waals surface area contributed by atoms with Crippen LogP contribution in [-0.2, 0) is 19.6 Å². The van der Waals surface area contributed by atoms with E-state index >= 15 is 0 Å². The molecule has 0 unspecified atom stereocenters. The molecule has 1 saturated carbocycles. The van der Waals surface area contributed by atoms with E-state index in [9.17, 15) is 23.1 Å². The monoisotopic (exact) mass is 566 g/mol. The van der Waals surface area contributed by atoms with Gasteiger partial charge in [0, 0.05) is 41.5 Å². The number of carbonyl (C=O) groups is 2. The second-order valence-corrected chi connectivity index (χ2v) is 13.2. The minimum atomic E-state index is -3.45. The van der Waals surface area contributed by atoms with Crippen molar-refractivity contribution in [2.75, 3.05) is 13.6 Å². The Balaban J connectivity index is 1.81. The Morgan fingerprint density at radius 1 is 1.11 bits per heavy atom. The molecule has 1 N–H and O–H groups in total. The summed E-state index contributed by atoms with van der Waals surface area (Å²) in [6.07, 6.45) is 1.84. The largest absolute Gasteiger partial charge is 0.481 e. The van der Waals surface area contributed by atoms with Crippen LogP contribution in [0.3, 0.4) is 0 Å². The van der Waals surface area contributed by atoms with Crippen molar-refractivity contribution >= 4 is 45.1 Å². The van der Waals surface area contributed by atoms with E-state index in [1.165, 1.54) is 4.31 Å². The van der Waals surface area contributed by atoms with Gasteiger partial charge in [0.05, 0.1) is 17.7 Å². The van der Waals surface area contributed by atoms with Crippen molar-refractivity contribution in [2.45, 2.75) is 62.3 Å². The van der Waals surface area contributed by atoms with Gasteiger partial charge in [-0.3, -0.25) is 9.59 Å². The van der Waals surface area contributed by atoms with E-state index in [1.807, 2.05) is 37.3 Å². The van der Waals surface area contributed by atoms with Crippen molar-refractivity contribution in [3.8, 4) is 0 Å². The summed E-state index contributed by atoms with van der Waals surface area (Å²) in [7, 11) is -1.89. The maximum Gasteiger partial charge on any atom is 0.304 e. The van der Waals surface area contributed by atoms with E-state index in [-0.39, 0.29) is 30.0 Å². The SMILES string of the molecule is CC[C@@H](CN(C)S(=O)(=O)C1CC1)N1C(=O)[C@H](CC(=O)O)C[C@H](c2cccc(Cl)c2)[C@H]1c1ccc(Cl)cc1. The van der Waals surface area contributed by atoms with Crippen molar-refractivity contribution in [3.05, 3.63) is 69.7 Å². The highest BCUT2D eigenvalue weighted by atomic mass is 35.5. The zero-order valence-corrected chi connectivity index (χ0v) is 23.2. The second kappa shape index (κ2) is 11.3. The molecule has 1 amide bonds. The zero-order valence-electron chi connectivity index (χ0n) is 20.9. The Morgan fingerprint density at radius 2 is 1.78 bits per heavy atom. The lowest BCUT2D eigenvalue weighted by molar-refractivity contribution is -0.152. The third-order valence-corrected chi connectivity index (χ3v) is 10.3. The lowest BCUT2D eigenvalue weighted by atomic mass is 9.74. The van der Waals surface area contributed by atoms with Crippen LogP contribution in [0.15, 0.2) is 48.5 Å². The minimum absolute atomic E-state index is 0.132. The summed E-state index contributed by atoms with van der Waals surface area (Å²) in [5.41, 5.74) is 1.75. The van der Waals surface area contributed by atoms with Crippen molar-refractivity contribution < 1.29 is 23.1 Å². The predicted octanol–water partition coefficient (Wildman–Crippen LogP) is 5.34. The molecule has 10 heteroatoms. The van der Waals surface area contributed by atoms with Crippen molar-refractivity contribution in [3.63, 3.8) is 0 Å². The molecule has 2 aliphatic rings. The van der Waals surface area contributed by atoms with Gasteiger partial charge in [-0.25, -0.2) is 12.7 Å². The fourth-order valence-corrected chi connectivity index (χ4v) is 7.36. The van der Waals surface area contributed by atoms with Gasteiger partial charge in [0.1, 0.15) is 0 Å². The van der Waals surface area contributed by atoms with Gasteiger partial charge in [0.25, 0.3) is 0 Å². The van der Waals surface area contributed by atoms with Crippen LogP contribution < -0.4 is 0 Å². The van der Waals surface area contributed by atoms with Crippen molar-refractivity contribution in [2.24, 2.45) is 5.92 Å². The molecule has 2 fully saturated rings. The fourth-order valence-electron chi connectivity index (χ4n) is 5.41. The summed E-state index contributed by atoms with van der Waals surface area (Å²) in [6, 6.07) is 13.8. The molecule has 0 bridgehead atoms. The van der Waals surface area contributed by atoms with E-state index in [4.69, 9.17) is 23.2 Å². The number of nitrogens with zero attached hydrogens (tertiary/aromatic N) is 2. The Kier molecular flexibility index (Phi) is 8.53. The number of sulfonamides is 1.